The molecule has 12 heteroatoms. The van der Waals surface area contributed by atoms with Gasteiger partial charge in [-0.1, -0.05) is 72.3 Å². The topological polar surface area (TPSA) is 127 Å². The Hall–Kier alpha value is -5.55. The molecule has 0 saturated carbocycles. The summed E-state index contributed by atoms with van der Waals surface area (Å²) in [6.07, 6.45) is -0.392. The first-order valence-electron chi connectivity index (χ1n) is 16.8. The van der Waals surface area contributed by atoms with Crippen LogP contribution in [-0.2, 0) is 20.9 Å². The van der Waals surface area contributed by atoms with E-state index in [1.807, 2.05) is 43.3 Å². The van der Waals surface area contributed by atoms with E-state index in [0.717, 1.165) is 5.56 Å². The summed E-state index contributed by atoms with van der Waals surface area (Å²) in [6, 6.07) is 28.2. The summed E-state index contributed by atoms with van der Waals surface area (Å²) in [6.45, 7) is 4.38. The van der Waals surface area contributed by atoms with Crippen molar-refractivity contribution in [3.05, 3.63) is 119 Å². The predicted molar refractivity (Wildman–Crippen MR) is 193 cm³/mol. The van der Waals surface area contributed by atoms with Crippen LogP contribution in [0.3, 0.4) is 0 Å². The predicted octanol–water partition coefficient (Wildman–Crippen LogP) is 5.47. The summed E-state index contributed by atoms with van der Waals surface area (Å²) in [5.41, 5.74) is 1.01. The molecule has 1 heterocycles. The van der Waals surface area contributed by atoms with Crippen molar-refractivity contribution >= 4 is 35.2 Å². The molecule has 4 aromatic rings. The monoisotopic (exact) mass is 712 g/mol. The van der Waals surface area contributed by atoms with Crippen molar-refractivity contribution in [3.8, 4) is 23.0 Å². The number of amides is 4. The lowest BCUT2D eigenvalue weighted by molar-refractivity contribution is -0.142. The van der Waals surface area contributed by atoms with Crippen molar-refractivity contribution in [3.63, 3.8) is 0 Å². The highest BCUT2D eigenvalue weighted by atomic mass is 35.5. The Kier molecular flexibility index (Phi) is 12.9. The number of ether oxygens (including phenoxy) is 3. The maximum Gasteiger partial charge on any atom is 0.255 e. The molecule has 0 spiro atoms. The lowest BCUT2D eigenvalue weighted by Gasteiger charge is -2.29. The van der Waals surface area contributed by atoms with Crippen LogP contribution in [0.15, 0.2) is 103 Å². The minimum atomic E-state index is -1.28. The van der Waals surface area contributed by atoms with Crippen LogP contribution in [0.5, 0.6) is 23.0 Å². The molecular formula is C39H41ClN4O7. The molecule has 51 heavy (non-hydrogen) atoms. The van der Waals surface area contributed by atoms with Gasteiger partial charge in [-0.15, -0.1) is 0 Å². The molecule has 1 aliphatic heterocycles. The van der Waals surface area contributed by atoms with Crippen molar-refractivity contribution < 1.29 is 33.4 Å². The van der Waals surface area contributed by atoms with E-state index in [-0.39, 0.29) is 44.3 Å². The molecule has 1 aliphatic rings. The van der Waals surface area contributed by atoms with Crippen LogP contribution in [0.1, 0.15) is 36.2 Å². The maximum absolute atomic E-state index is 14.0. The molecule has 0 saturated heterocycles. The molecule has 0 aromatic heterocycles. The van der Waals surface area contributed by atoms with Gasteiger partial charge in [0, 0.05) is 18.1 Å². The Morgan fingerprint density at radius 1 is 0.922 bits per heavy atom. The Morgan fingerprint density at radius 3 is 2.41 bits per heavy atom. The highest BCUT2D eigenvalue weighted by Gasteiger charge is 2.30. The van der Waals surface area contributed by atoms with E-state index in [9.17, 15) is 19.2 Å². The van der Waals surface area contributed by atoms with Gasteiger partial charge in [0.2, 0.25) is 17.7 Å². The van der Waals surface area contributed by atoms with E-state index in [2.05, 4.69) is 10.6 Å². The molecular weight excluding hydrogens is 672 g/mol. The van der Waals surface area contributed by atoms with E-state index < -0.39 is 36.2 Å². The van der Waals surface area contributed by atoms with Crippen LogP contribution < -0.4 is 24.8 Å². The van der Waals surface area contributed by atoms with Crippen LogP contribution in [0.25, 0.3) is 0 Å². The zero-order chi connectivity index (χ0) is 36.2. The third-order valence-electron chi connectivity index (χ3n) is 8.13. The molecule has 0 fully saturated rings. The van der Waals surface area contributed by atoms with E-state index in [1.54, 1.807) is 78.6 Å². The number of rotatable bonds is 10. The van der Waals surface area contributed by atoms with Crippen molar-refractivity contribution in [1.82, 2.24) is 20.4 Å². The SMILES string of the molecule is CCN1CCOc2ccccc2C(=O)N[C@H](C(=O)N[C@H](C)COc2ccccc2Oc2cccc(Cl)c2)CC(=O)N(Cc2ccccc2)CC1=O. The summed E-state index contributed by atoms with van der Waals surface area (Å²) >= 11 is 6.11. The largest absolute Gasteiger partial charge is 0.491 e. The number of nitrogens with one attached hydrogen (secondary N) is 2. The fourth-order valence-electron chi connectivity index (χ4n) is 5.46. The zero-order valence-electron chi connectivity index (χ0n) is 28.5. The van der Waals surface area contributed by atoms with Gasteiger partial charge in [0.1, 0.15) is 37.3 Å². The van der Waals surface area contributed by atoms with Crippen LogP contribution in [0.4, 0.5) is 0 Å². The number of fused-ring (bicyclic) bond motifs is 1. The van der Waals surface area contributed by atoms with E-state index >= 15 is 0 Å². The Morgan fingerprint density at radius 2 is 1.65 bits per heavy atom. The van der Waals surface area contributed by atoms with Gasteiger partial charge >= 0.3 is 0 Å². The van der Waals surface area contributed by atoms with E-state index in [1.165, 1.54) is 4.90 Å². The Labute approximate surface area is 302 Å². The average Bonchev–Trinajstić information content (AvgIpc) is 3.12. The zero-order valence-corrected chi connectivity index (χ0v) is 29.3. The molecule has 4 aromatic carbocycles. The fourth-order valence-corrected chi connectivity index (χ4v) is 5.64. The lowest BCUT2D eigenvalue weighted by Crippen LogP contribution is -2.53. The molecule has 0 bridgehead atoms. The molecule has 5 rings (SSSR count). The Balaban J connectivity index is 1.34. The number of benzene rings is 4. The highest BCUT2D eigenvalue weighted by molar-refractivity contribution is 6.30. The third-order valence-corrected chi connectivity index (χ3v) is 8.37. The van der Waals surface area contributed by atoms with Gasteiger partial charge in [-0.3, -0.25) is 19.2 Å². The molecule has 0 aliphatic carbocycles. The van der Waals surface area contributed by atoms with Crippen LogP contribution in [0.2, 0.25) is 5.02 Å². The second-order valence-electron chi connectivity index (χ2n) is 12.0. The van der Waals surface area contributed by atoms with E-state index in [4.69, 9.17) is 25.8 Å². The fraction of sp³-hybridized carbons (Fsp3) is 0.282. The van der Waals surface area contributed by atoms with Crippen LogP contribution in [-0.4, -0.2) is 78.4 Å². The van der Waals surface area contributed by atoms with Crippen molar-refractivity contribution in [2.45, 2.75) is 38.9 Å². The number of para-hydroxylation sites is 3. The minimum Gasteiger partial charge on any atom is -0.491 e. The normalized spacial score (nSPS) is 16.2. The number of hydrogen-bond acceptors (Lipinski definition) is 7. The summed E-state index contributed by atoms with van der Waals surface area (Å²) in [4.78, 5) is 57.9. The third kappa shape index (κ3) is 10.5. The summed E-state index contributed by atoms with van der Waals surface area (Å²) in [5, 5.41) is 6.15. The Bertz CT molecular complexity index is 1820. The second kappa shape index (κ2) is 17.9. The number of nitrogens with zero attached hydrogens (tertiary/aromatic N) is 2. The van der Waals surface area contributed by atoms with Gasteiger partial charge in [-0.2, -0.15) is 0 Å². The molecule has 4 amide bonds. The molecule has 2 N–H and O–H groups in total. The van der Waals surface area contributed by atoms with Gasteiger partial charge in [-0.05, 0) is 61.9 Å². The molecule has 0 radical (unpaired) electrons. The van der Waals surface area contributed by atoms with Crippen molar-refractivity contribution in [2.75, 3.05) is 32.8 Å². The molecule has 11 nitrogen and oxygen atoms in total. The number of carbonyl (C=O) groups is 4. The summed E-state index contributed by atoms with van der Waals surface area (Å²) < 4.78 is 18.0. The minimum absolute atomic E-state index is 0.0500. The smallest absolute Gasteiger partial charge is 0.255 e. The van der Waals surface area contributed by atoms with Crippen LogP contribution >= 0.6 is 11.6 Å². The van der Waals surface area contributed by atoms with Crippen molar-refractivity contribution in [2.24, 2.45) is 0 Å². The number of likely N-dealkylation sites (N-methyl/N-ethyl adjacent to an activating group) is 1. The number of hydrogen-bond donors (Lipinski definition) is 2. The maximum atomic E-state index is 14.0. The van der Waals surface area contributed by atoms with Gasteiger partial charge in [0.05, 0.1) is 24.6 Å². The van der Waals surface area contributed by atoms with Crippen LogP contribution in [0, 0.1) is 0 Å². The number of carbonyl (C=O) groups excluding carboxylic acids is 4. The second-order valence-corrected chi connectivity index (χ2v) is 12.4. The van der Waals surface area contributed by atoms with Gasteiger partial charge in [0.15, 0.2) is 11.5 Å². The molecule has 0 unspecified atom stereocenters. The number of halogens is 1. The lowest BCUT2D eigenvalue weighted by atomic mass is 10.1. The summed E-state index contributed by atoms with van der Waals surface area (Å²) in [5.74, 6) is -0.171. The molecule has 2 atom stereocenters. The first-order valence-corrected chi connectivity index (χ1v) is 17.2. The van der Waals surface area contributed by atoms with Gasteiger partial charge in [0.25, 0.3) is 5.91 Å². The average molecular weight is 713 g/mol. The first kappa shape index (κ1) is 36.7. The molecule has 266 valence electrons. The highest BCUT2D eigenvalue weighted by Crippen LogP contribution is 2.32. The van der Waals surface area contributed by atoms with Gasteiger partial charge in [-0.25, -0.2) is 0 Å². The van der Waals surface area contributed by atoms with E-state index in [0.29, 0.717) is 34.6 Å². The quantitative estimate of drug-likeness (QED) is 0.223. The van der Waals surface area contributed by atoms with Gasteiger partial charge < -0.3 is 34.6 Å². The summed E-state index contributed by atoms with van der Waals surface area (Å²) in [7, 11) is 0. The van der Waals surface area contributed by atoms with Crippen molar-refractivity contribution in [1.29, 1.82) is 0 Å². The standard InChI is InChI=1S/C39H41ClN4O7/c1-3-43-20-21-49-33-17-8-7-16-31(33)38(47)42-32(23-36(45)44(25-37(43)46)24-28-12-5-4-6-13-28)39(48)41-27(2)26-50-34-18-9-10-19-35(34)51-30-15-11-14-29(40)22-30/h4-19,22,27,32H,3,20-21,23-26H2,1-2H3,(H,41,48)(H,42,47)/t27-,32+/m1/s1. The first-order chi connectivity index (χ1) is 24.7.